The first-order chi connectivity index (χ1) is 10.2. The fraction of sp³-hybridized carbons (Fsp3) is 0.444. The molecule has 0 saturated heterocycles. The minimum absolute atomic E-state index is 0.231. The number of hydrogen-bond donors (Lipinski definition) is 1. The maximum atomic E-state index is 5.66. The van der Waals surface area contributed by atoms with E-state index >= 15 is 0 Å². The van der Waals surface area contributed by atoms with Crippen LogP contribution in [0.1, 0.15) is 41.1 Å². The molecule has 0 atom stereocenters. The second-order valence-corrected chi connectivity index (χ2v) is 7.15. The fourth-order valence-corrected chi connectivity index (χ4v) is 4.00. The van der Waals surface area contributed by atoms with Crippen molar-refractivity contribution in [1.82, 2.24) is 5.32 Å². The topological polar surface area (TPSA) is 21.3 Å². The summed E-state index contributed by atoms with van der Waals surface area (Å²) in [4.78, 5) is 3.08. The highest BCUT2D eigenvalue weighted by Crippen LogP contribution is 2.30. The van der Waals surface area contributed by atoms with E-state index in [2.05, 4.69) is 35.6 Å². The molecule has 0 aliphatic heterocycles. The van der Waals surface area contributed by atoms with Crippen LogP contribution < -0.4 is 10.1 Å². The van der Waals surface area contributed by atoms with Crippen molar-refractivity contribution in [3.63, 3.8) is 0 Å². The van der Waals surface area contributed by atoms with E-state index in [0.717, 1.165) is 18.8 Å². The standard InChI is InChI=1S/C18H23NOS/c1-13(2)20-16-8-6-14(7-9-16)11-19-12-17-10-15-4-3-5-18(15)21-17/h6-10,13,19H,3-5,11-12H2,1-2H3. The summed E-state index contributed by atoms with van der Waals surface area (Å²) in [6, 6.07) is 10.8. The zero-order valence-corrected chi connectivity index (χ0v) is 13.6. The number of aryl methyl sites for hydroxylation is 2. The van der Waals surface area contributed by atoms with Crippen LogP contribution in [0.3, 0.4) is 0 Å². The predicted molar refractivity (Wildman–Crippen MR) is 89.1 cm³/mol. The lowest BCUT2D eigenvalue weighted by molar-refractivity contribution is 0.242. The highest BCUT2D eigenvalue weighted by Gasteiger charge is 2.14. The van der Waals surface area contributed by atoms with E-state index in [-0.39, 0.29) is 6.10 Å². The zero-order valence-electron chi connectivity index (χ0n) is 12.8. The minimum atomic E-state index is 0.231. The summed E-state index contributed by atoms with van der Waals surface area (Å²) < 4.78 is 5.66. The highest BCUT2D eigenvalue weighted by atomic mass is 32.1. The highest BCUT2D eigenvalue weighted by molar-refractivity contribution is 7.12. The van der Waals surface area contributed by atoms with Gasteiger partial charge in [0.25, 0.3) is 0 Å². The molecule has 1 aromatic heterocycles. The lowest BCUT2D eigenvalue weighted by atomic mass is 10.2. The van der Waals surface area contributed by atoms with Crippen molar-refractivity contribution in [3.8, 4) is 5.75 Å². The van der Waals surface area contributed by atoms with Crippen LogP contribution in [-0.2, 0) is 25.9 Å². The van der Waals surface area contributed by atoms with Gasteiger partial charge in [-0.15, -0.1) is 11.3 Å². The average molecular weight is 301 g/mol. The maximum absolute atomic E-state index is 5.66. The van der Waals surface area contributed by atoms with Gasteiger partial charge in [-0.25, -0.2) is 0 Å². The smallest absolute Gasteiger partial charge is 0.119 e. The number of rotatable bonds is 6. The molecule has 1 aromatic carbocycles. The lowest BCUT2D eigenvalue weighted by Crippen LogP contribution is -2.12. The Bertz CT molecular complexity index is 564. The molecule has 1 heterocycles. The Kier molecular flexibility index (Phi) is 4.61. The predicted octanol–water partition coefficient (Wildman–Crippen LogP) is 4.31. The number of hydrogen-bond acceptors (Lipinski definition) is 3. The van der Waals surface area contributed by atoms with Gasteiger partial charge < -0.3 is 10.1 Å². The van der Waals surface area contributed by atoms with Crippen molar-refractivity contribution in [2.24, 2.45) is 0 Å². The van der Waals surface area contributed by atoms with E-state index in [1.54, 1.807) is 10.4 Å². The molecule has 0 amide bonds. The first-order valence-electron chi connectivity index (χ1n) is 7.77. The molecule has 3 heteroatoms. The molecule has 0 radical (unpaired) electrons. The van der Waals surface area contributed by atoms with Gasteiger partial charge in [0, 0.05) is 22.8 Å². The van der Waals surface area contributed by atoms with E-state index in [9.17, 15) is 0 Å². The molecule has 3 rings (SSSR count). The summed E-state index contributed by atoms with van der Waals surface area (Å²) in [6.07, 6.45) is 4.15. The van der Waals surface area contributed by atoms with Crippen LogP contribution >= 0.6 is 11.3 Å². The third kappa shape index (κ3) is 3.86. The van der Waals surface area contributed by atoms with Crippen molar-refractivity contribution in [3.05, 3.63) is 51.2 Å². The van der Waals surface area contributed by atoms with Gasteiger partial charge in [0.2, 0.25) is 0 Å². The molecule has 21 heavy (non-hydrogen) atoms. The van der Waals surface area contributed by atoms with E-state index < -0.39 is 0 Å². The van der Waals surface area contributed by atoms with Crippen LogP contribution in [0.2, 0.25) is 0 Å². The van der Waals surface area contributed by atoms with E-state index in [0.29, 0.717) is 0 Å². The number of benzene rings is 1. The summed E-state index contributed by atoms with van der Waals surface area (Å²) in [5, 5.41) is 3.54. The van der Waals surface area contributed by atoms with Crippen LogP contribution in [0.5, 0.6) is 5.75 Å². The quantitative estimate of drug-likeness (QED) is 0.858. The molecular weight excluding hydrogens is 278 g/mol. The van der Waals surface area contributed by atoms with Crippen LogP contribution in [0.25, 0.3) is 0 Å². The van der Waals surface area contributed by atoms with Crippen LogP contribution in [0.4, 0.5) is 0 Å². The van der Waals surface area contributed by atoms with Gasteiger partial charge in [0.05, 0.1) is 6.10 Å². The van der Waals surface area contributed by atoms with Crippen LogP contribution in [0.15, 0.2) is 30.3 Å². The first-order valence-corrected chi connectivity index (χ1v) is 8.59. The Morgan fingerprint density at radius 2 is 1.95 bits per heavy atom. The second-order valence-electron chi connectivity index (χ2n) is 5.93. The van der Waals surface area contributed by atoms with Gasteiger partial charge in [0.15, 0.2) is 0 Å². The van der Waals surface area contributed by atoms with Gasteiger partial charge in [-0.05, 0) is 62.4 Å². The molecule has 2 nitrogen and oxygen atoms in total. The van der Waals surface area contributed by atoms with Crippen molar-refractivity contribution in [2.45, 2.75) is 52.3 Å². The van der Waals surface area contributed by atoms with E-state index in [1.807, 2.05) is 25.2 Å². The average Bonchev–Trinajstić information content (AvgIpc) is 3.01. The molecular formula is C18H23NOS. The van der Waals surface area contributed by atoms with E-state index in [4.69, 9.17) is 4.74 Å². The minimum Gasteiger partial charge on any atom is -0.491 e. The normalized spacial score (nSPS) is 13.7. The third-order valence-electron chi connectivity index (χ3n) is 3.72. The van der Waals surface area contributed by atoms with Gasteiger partial charge >= 0.3 is 0 Å². The number of fused-ring (bicyclic) bond motifs is 1. The fourth-order valence-electron chi connectivity index (χ4n) is 2.77. The summed E-state index contributed by atoms with van der Waals surface area (Å²) in [6.45, 7) is 5.98. The Morgan fingerprint density at radius 1 is 1.14 bits per heavy atom. The third-order valence-corrected chi connectivity index (χ3v) is 4.96. The number of thiophene rings is 1. The molecule has 0 spiro atoms. The Labute approximate surface area is 131 Å². The first kappa shape index (κ1) is 14.6. The molecule has 1 N–H and O–H groups in total. The van der Waals surface area contributed by atoms with Crippen molar-refractivity contribution < 1.29 is 4.74 Å². The van der Waals surface area contributed by atoms with Gasteiger partial charge in [0.1, 0.15) is 5.75 Å². The molecule has 2 aromatic rings. The molecule has 1 aliphatic carbocycles. The van der Waals surface area contributed by atoms with Crippen molar-refractivity contribution in [1.29, 1.82) is 0 Å². The summed E-state index contributed by atoms with van der Waals surface area (Å²) in [7, 11) is 0. The second kappa shape index (κ2) is 6.63. The van der Waals surface area contributed by atoms with Gasteiger partial charge in [-0.1, -0.05) is 12.1 Å². The zero-order chi connectivity index (χ0) is 14.7. The summed E-state index contributed by atoms with van der Waals surface area (Å²) in [5.41, 5.74) is 2.89. The number of nitrogens with one attached hydrogen (secondary N) is 1. The Morgan fingerprint density at radius 3 is 2.67 bits per heavy atom. The Balaban J connectivity index is 1.48. The van der Waals surface area contributed by atoms with E-state index in [1.165, 1.54) is 29.7 Å². The lowest BCUT2D eigenvalue weighted by Gasteiger charge is -2.10. The molecule has 0 unspecified atom stereocenters. The molecule has 0 fully saturated rings. The monoisotopic (exact) mass is 301 g/mol. The summed E-state index contributed by atoms with van der Waals surface area (Å²) in [5.74, 6) is 0.948. The van der Waals surface area contributed by atoms with Crippen LogP contribution in [0, 0.1) is 0 Å². The van der Waals surface area contributed by atoms with Crippen molar-refractivity contribution >= 4 is 11.3 Å². The largest absolute Gasteiger partial charge is 0.491 e. The molecule has 112 valence electrons. The maximum Gasteiger partial charge on any atom is 0.119 e. The molecule has 0 saturated carbocycles. The van der Waals surface area contributed by atoms with Crippen molar-refractivity contribution in [2.75, 3.05) is 0 Å². The SMILES string of the molecule is CC(C)Oc1ccc(CNCc2cc3c(s2)CCC3)cc1. The van der Waals surface area contributed by atoms with Gasteiger partial charge in [-0.2, -0.15) is 0 Å². The van der Waals surface area contributed by atoms with Gasteiger partial charge in [-0.3, -0.25) is 0 Å². The molecule has 0 bridgehead atoms. The molecule has 1 aliphatic rings. The number of ether oxygens (including phenoxy) is 1. The summed E-state index contributed by atoms with van der Waals surface area (Å²) >= 11 is 1.98. The Hall–Kier alpha value is -1.32. The van der Waals surface area contributed by atoms with Crippen LogP contribution in [-0.4, -0.2) is 6.10 Å².